The Morgan fingerprint density at radius 3 is 2.58 bits per heavy atom. The Hall–Kier alpha value is -1.43. The summed E-state index contributed by atoms with van der Waals surface area (Å²) in [5.41, 5.74) is -0.741. The number of nitrogens with zero attached hydrogens (tertiary/aromatic N) is 2. The molecular weight excluding hydrogens is 248 g/mol. The van der Waals surface area contributed by atoms with Gasteiger partial charge in [0.15, 0.2) is 0 Å². The lowest BCUT2D eigenvalue weighted by Gasteiger charge is -2.37. The molecule has 0 spiro atoms. The Kier molecular flexibility index (Phi) is 2.51. The van der Waals surface area contributed by atoms with Crippen molar-refractivity contribution in [2.45, 2.75) is 44.6 Å². The molecule has 2 fully saturated rings. The zero-order valence-electron chi connectivity index (χ0n) is 11.3. The highest BCUT2D eigenvalue weighted by molar-refractivity contribution is 5.77. The van der Waals surface area contributed by atoms with Crippen molar-refractivity contribution in [2.75, 3.05) is 7.11 Å². The minimum atomic E-state index is -0.806. The van der Waals surface area contributed by atoms with Crippen LogP contribution in [0.25, 0.3) is 0 Å². The first-order valence-electron chi connectivity index (χ1n) is 6.54. The highest BCUT2D eigenvalue weighted by atomic mass is 16.5. The number of carboxylic acids is 1. The van der Waals surface area contributed by atoms with Crippen molar-refractivity contribution in [2.24, 2.45) is 11.3 Å². The van der Waals surface area contributed by atoms with E-state index in [1.165, 1.54) is 0 Å². The molecule has 3 rings (SSSR count). The quantitative estimate of drug-likeness (QED) is 0.896. The summed E-state index contributed by atoms with van der Waals surface area (Å²) in [4.78, 5) is 15.6. The summed E-state index contributed by atoms with van der Waals surface area (Å²) in [6, 6.07) is 0. The van der Waals surface area contributed by atoms with Crippen molar-refractivity contribution in [1.82, 2.24) is 10.1 Å². The van der Waals surface area contributed by atoms with Crippen molar-refractivity contribution in [1.29, 1.82) is 0 Å². The van der Waals surface area contributed by atoms with Crippen LogP contribution in [0.15, 0.2) is 4.52 Å². The molecule has 0 aromatic carbocycles. The van der Waals surface area contributed by atoms with Crippen LogP contribution in [0.2, 0.25) is 0 Å². The van der Waals surface area contributed by atoms with Gasteiger partial charge in [0, 0.05) is 7.11 Å². The second-order valence-electron chi connectivity index (χ2n) is 6.12. The van der Waals surface area contributed by atoms with Crippen molar-refractivity contribution >= 4 is 5.97 Å². The van der Waals surface area contributed by atoms with E-state index in [9.17, 15) is 9.90 Å². The summed E-state index contributed by atoms with van der Waals surface area (Å²) in [5, 5.41) is 13.2. The van der Waals surface area contributed by atoms with E-state index in [4.69, 9.17) is 9.26 Å². The first-order valence-corrected chi connectivity index (χ1v) is 6.54. The first-order chi connectivity index (χ1) is 8.92. The van der Waals surface area contributed by atoms with Crippen LogP contribution in [0.1, 0.15) is 50.7 Å². The standard InChI is InChI=1S/C13H18N2O4/c1-12(2)7(8(12)10(16)17)9-14-11(15-19-9)13(18-3)5-4-6-13/h7-8H,4-6H2,1-3H3,(H,16,17). The maximum absolute atomic E-state index is 11.2. The first kappa shape index (κ1) is 12.6. The van der Waals surface area contributed by atoms with Gasteiger partial charge in [-0.2, -0.15) is 4.98 Å². The Bertz CT molecular complexity index is 513. The summed E-state index contributed by atoms with van der Waals surface area (Å²) < 4.78 is 10.8. The molecule has 2 aliphatic rings. The normalized spacial score (nSPS) is 30.7. The molecule has 0 bridgehead atoms. The van der Waals surface area contributed by atoms with E-state index in [2.05, 4.69) is 10.1 Å². The topological polar surface area (TPSA) is 85.5 Å². The molecule has 0 saturated heterocycles. The molecule has 2 aliphatic carbocycles. The Labute approximate surface area is 111 Å². The van der Waals surface area contributed by atoms with Gasteiger partial charge in [-0.1, -0.05) is 19.0 Å². The van der Waals surface area contributed by atoms with Crippen LogP contribution in [0.4, 0.5) is 0 Å². The van der Waals surface area contributed by atoms with E-state index in [0.717, 1.165) is 19.3 Å². The molecule has 2 unspecified atom stereocenters. The fourth-order valence-corrected chi connectivity index (χ4v) is 3.12. The third-order valence-corrected chi connectivity index (χ3v) is 4.76. The van der Waals surface area contributed by atoms with Crippen LogP contribution in [0, 0.1) is 11.3 Å². The molecule has 2 atom stereocenters. The summed E-state index contributed by atoms with van der Waals surface area (Å²) in [6.07, 6.45) is 2.86. The van der Waals surface area contributed by atoms with E-state index in [0.29, 0.717) is 11.7 Å². The van der Waals surface area contributed by atoms with Crippen LogP contribution in [-0.4, -0.2) is 28.3 Å². The summed E-state index contributed by atoms with van der Waals surface area (Å²) >= 11 is 0. The Balaban J connectivity index is 1.85. The van der Waals surface area contributed by atoms with Crippen molar-refractivity contribution in [3.8, 4) is 0 Å². The summed E-state index contributed by atoms with van der Waals surface area (Å²) in [5.74, 6) is -0.459. The van der Waals surface area contributed by atoms with Crippen LogP contribution in [0.5, 0.6) is 0 Å². The average molecular weight is 266 g/mol. The molecule has 1 aromatic heterocycles. The second-order valence-corrected chi connectivity index (χ2v) is 6.12. The number of aromatic nitrogens is 2. The van der Waals surface area contributed by atoms with Gasteiger partial charge >= 0.3 is 5.97 Å². The molecule has 1 N–H and O–H groups in total. The lowest BCUT2D eigenvalue weighted by atomic mass is 9.79. The van der Waals surface area contributed by atoms with Crippen LogP contribution in [0.3, 0.4) is 0 Å². The number of hydrogen-bond donors (Lipinski definition) is 1. The molecule has 104 valence electrons. The van der Waals surface area contributed by atoms with Gasteiger partial charge in [0.05, 0.1) is 11.8 Å². The maximum Gasteiger partial charge on any atom is 0.307 e. The van der Waals surface area contributed by atoms with E-state index in [1.54, 1.807) is 7.11 Å². The second kappa shape index (κ2) is 3.79. The maximum atomic E-state index is 11.2. The van der Waals surface area contributed by atoms with Gasteiger partial charge in [0.1, 0.15) is 5.60 Å². The van der Waals surface area contributed by atoms with Gasteiger partial charge in [-0.25, -0.2) is 0 Å². The van der Waals surface area contributed by atoms with E-state index < -0.39 is 17.5 Å². The van der Waals surface area contributed by atoms with Crippen molar-refractivity contribution < 1.29 is 19.2 Å². The van der Waals surface area contributed by atoms with E-state index >= 15 is 0 Å². The molecular formula is C13H18N2O4. The van der Waals surface area contributed by atoms with Gasteiger partial charge in [-0.05, 0) is 24.7 Å². The van der Waals surface area contributed by atoms with Crippen LogP contribution >= 0.6 is 0 Å². The van der Waals surface area contributed by atoms with E-state index in [1.807, 2.05) is 13.8 Å². The Morgan fingerprint density at radius 1 is 1.47 bits per heavy atom. The molecule has 0 aliphatic heterocycles. The molecule has 0 radical (unpaired) electrons. The van der Waals surface area contributed by atoms with Gasteiger partial charge < -0.3 is 14.4 Å². The lowest BCUT2D eigenvalue weighted by molar-refractivity contribution is -0.139. The molecule has 6 nitrogen and oxygen atoms in total. The number of carbonyl (C=O) groups is 1. The Morgan fingerprint density at radius 2 is 2.16 bits per heavy atom. The van der Waals surface area contributed by atoms with Crippen molar-refractivity contribution in [3.05, 3.63) is 11.7 Å². The number of ether oxygens (including phenoxy) is 1. The third-order valence-electron chi connectivity index (χ3n) is 4.76. The molecule has 1 heterocycles. The smallest absolute Gasteiger partial charge is 0.307 e. The summed E-state index contributed by atoms with van der Waals surface area (Å²) in [6.45, 7) is 3.82. The molecule has 6 heteroatoms. The number of rotatable bonds is 4. The zero-order chi connectivity index (χ0) is 13.8. The van der Waals surface area contributed by atoms with E-state index in [-0.39, 0.29) is 11.3 Å². The molecule has 19 heavy (non-hydrogen) atoms. The highest BCUT2D eigenvalue weighted by Crippen LogP contribution is 2.64. The van der Waals surface area contributed by atoms with Gasteiger partial charge in [-0.15, -0.1) is 0 Å². The fourth-order valence-electron chi connectivity index (χ4n) is 3.12. The van der Waals surface area contributed by atoms with Crippen LogP contribution < -0.4 is 0 Å². The van der Waals surface area contributed by atoms with Gasteiger partial charge in [-0.3, -0.25) is 4.79 Å². The molecule has 1 aromatic rings. The minimum absolute atomic E-state index is 0.194. The monoisotopic (exact) mass is 266 g/mol. The number of hydrogen-bond acceptors (Lipinski definition) is 5. The SMILES string of the molecule is COC1(c2noc(C3C(C(=O)O)C3(C)C)n2)CCC1. The summed E-state index contributed by atoms with van der Waals surface area (Å²) in [7, 11) is 1.65. The van der Waals surface area contributed by atoms with Gasteiger partial charge in [0.2, 0.25) is 11.7 Å². The largest absolute Gasteiger partial charge is 0.481 e. The fraction of sp³-hybridized carbons (Fsp3) is 0.769. The number of methoxy groups -OCH3 is 1. The number of carboxylic acid groups (broad SMARTS) is 1. The predicted molar refractivity (Wildman–Crippen MR) is 64.5 cm³/mol. The lowest BCUT2D eigenvalue weighted by Crippen LogP contribution is -2.37. The predicted octanol–water partition coefficient (Wildman–Crippen LogP) is 1.92. The minimum Gasteiger partial charge on any atom is -0.481 e. The molecule has 0 amide bonds. The third kappa shape index (κ3) is 1.62. The van der Waals surface area contributed by atoms with Crippen LogP contribution in [-0.2, 0) is 15.1 Å². The zero-order valence-corrected chi connectivity index (χ0v) is 11.3. The highest BCUT2D eigenvalue weighted by Gasteiger charge is 2.66. The number of aliphatic carboxylic acids is 1. The average Bonchev–Trinajstić information content (AvgIpc) is 2.67. The van der Waals surface area contributed by atoms with Gasteiger partial charge in [0.25, 0.3) is 0 Å². The van der Waals surface area contributed by atoms with Crippen molar-refractivity contribution in [3.63, 3.8) is 0 Å². The molecule has 2 saturated carbocycles.